The number of nitrogens with one attached hydrogen (secondary N) is 1. The van der Waals surface area contributed by atoms with E-state index in [2.05, 4.69) is 29.9 Å². The third-order valence-electron chi connectivity index (χ3n) is 7.96. The van der Waals surface area contributed by atoms with Crippen LogP contribution in [0.2, 0.25) is 0 Å². The van der Waals surface area contributed by atoms with Crippen LogP contribution >= 0.6 is 15.6 Å². The van der Waals surface area contributed by atoms with Crippen molar-refractivity contribution in [3.05, 3.63) is 23.0 Å². The van der Waals surface area contributed by atoms with E-state index in [1.54, 1.807) is 0 Å². The predicted molar refractivity (Wildman–Crippen MR) is 151 cm³/mol. The van der Waals surface area contributed by atoms with Gasteiger partial charge in [-0.25, -0.2) is 19.1 Å². The van der Waals surface area contributed by atoms with Crippen molar-refractivity contribution >= 4 is 55.7 Å². The molecule has 4 aromatic heterocycles. The van der Waals surface area contributed by atoms with Crippen LogP contribution < -0.4 is 22.8 Å². The molecule has 11 N–H and O–H groups in total. The molecule has 248 valence electrons. The smallest absolute Gasteiger partial charge is 0.390 e. The number of aliphatic hydroxyl groups excluding tert-OH is 2. The van der Waals surface area contributed by atoms with E-state index in [-0.39, 0.29) is 46.5 Å². The summed E-state index contributed by atoms with van der Waals surface area (Å²) in [5.41, 5.74) is 16.7. The van der Waals surface area contributed by atoms with Gasteiger partial charge in [0.25, 0.3) is 5.56 Å². The minimum absolute atomic E-state index is 0.0115. The van der Waals surface area contributed by atoms with Gasteiger partial charge in [-0.1, -0.05) is 0 Å². The average Bonchev–Trinajstić information content (AvgIpc) is 3.72. The van der Waals surface area contributed by atoms with Crippen LogP contribution in [0.4, 0.5) is 17.7 Å². The Kier molecular flexibility index (Phi) is 7.41. The van der Waals surface area contributed by atoms with Gasteiger partial charge in [0.1, 0.15) is 29.9 Å². The quantitative estimate of drug-likeness (QED) is 0.105. The number of imidazole rings is 2. The highest BCUT2D eigenvalue weighted by atomic mass is 31.2. The fourth-order valence-electron chi connectivity index (χ4n) is 5.92. The van der Waals surface area contributed by atoms with Gasteiger partial charge in [0.2, 0.25) is 11.9 Å². The zero-order valence-electron chi connectivity index (χ0n) is 23.2. The molecule has 10 atom stereocenters. The van der Waals surface area contributed by atoms with Gasteiger partial charge in [-0.05, 0) is 6.42 Å². The monoisotopic (exact) mass is 687 g/mol. The predicted octanol–water partition coefficient (Wildman–Crippen LogP) is -2.10. The Morgan fingerprint density at radius 1 is 0.870 bits per heavy atom. The van der Waals surface area contributed by atoms with Crippen molar-refractivity contribution < 1.29 is 52.0 Å². The Labute approximate surface area is 255 Å². The average molecular weight is 687 g/mol. The van der Waals surface area contributed by atoms with Crippen LogP contribution in [0, 0.1) is 5.92 Å². The number of H-pyrrole nitrogens is 1. The van der Waals surface area contributed by atoms with E-state index >= 15 is 0 Å². The molecule has 4 unspecified atom stereocenters. The number of anilines is 3. The first-order chi connectivity index (χ1) is 21.7. The summed E-state index contributed by atoms with van der Waals surface area (Å²) in [5.74, 6) is -1.50. The lowest BCUT2D eigenvalue weighted by Crippen LogP contribution is -2.36. The topological polar surface area (TPSA) is 346 Å². The highest BCUT2D eigenvalue weighted by Crippen LogP contribution is 2.55. The van der Waals surface area contributed by atoms with Gasteiger partial charge < -0.3 is 46.5 Å². The number of hydrogen-bond acceptors (Lipinski definition) is 18. The van der Waals surface area contributed by atoms with Crippen molar-refractivity contribution in [3.8, 4) is 0 Å². The number of aromatic nitrogens is 8. The largest absolute Gasteiger partial charge is 0.472 e. The normalized spacial score (nSPS) is 37.1. The Morgan fingerprint density at radius 3 is 2.28 bits per heavy atom. The second-order valence-electron chi connectivity index (χ2n) is 10.8. The number of hydrogen-bond donors (Lipinski definition) is 8. The molecule has 2 bridgehead atoms. The molecule has 1 saturated carbocycles. The molecular formula is C21H27N11O12P2. The third kappa shape index (κ3) is 5.34. The highest BCUT2D eigenvalue weighted by molar-refractivity contribution is 7.47. The van der Waals surface area contributed by atoms with E-state index in [1.807, 2.05) is 0 Å². The maximum absolute atomic E-state index is 13.3. The maximum Gasteiger partial charge on any atom is 0.472 e. The summed E-state index contributed by atoms with van der Waals surface area (Å²) in [7, 11) is -10.1. The number of ether oxygens (including phenoxy) is 1. The van der Waals surface area contributed by atoms with Crippen LogP contribution in [-0.2, 0) is 32.0 Å². The SMILES string of the molecule is Nc1nc(N)c2ncn([C@@H]3O[C@@H]4COP(=O)(O)OC5C(O)[C@@H](COP(=O)(O)O[C@@H]4[C@@H]3O)C[C@H]5n3cnc4c(=O)[nH]c(N)nc43)c2n1. The van der Waals surface area contributed by atoms with Gasteiger partial charge in [-0.3, -0.25) is 32.4 Å². The van der Waals surface area contributed by atoms with Crippen LogP contribution in [-0.4, -0.2) is 103 Å². The summed E-state index contributed by atoms with van der Waals surface area (Å²) in [6.07, 6.45) is -7.00. The number of nitrogens with zero attached hydrogens (tertiary/aromatic N) is 7. The van der Waals surface area contributed by atoms with E-state index < -0.39 is 83.1 Å². The molecule has 0 radical (unpaired) electrons. The van der Waals surface area contributed by atoms with Crippen molar-refractivity contribution in [2.45, 2.75) is 49.2 Å². The summed E-state index contributed by atoms with van der Waals surface area (Å²) in [4.78, 5) is 56.1. The second-order valence-corrected chi connectivity index (χ2v) is 13.7. The molecule has 23 nitrogen and oxygen atoms in total. The summed E-state index contributed by atoms with van der Waals surface area (Å²) in [6.45, 7) is -1.43. The number of aliphatic hydroxyl groups is 2. The van der Waals surface area contributed by atoms with Gasteiger partial charge in [0, 0.05) is 5.92 Å². The molecule has 7 rings (SSSR count). The van der Waals surface area contributed by atoms with Gasteiger partial charge in [0.05, 0.1) is 38.0 Å². The minimum atomic E-state index is -5.06. The lowest BCUT2D eigenvalue weighted by atomic mass is 10.1. The number of nitrogen functional groups attached to an aromatic ring is 3. The highest BCUT2D eigenvalue weighted by Gasteiger charge is 2.53. The molecule has 46 heavy (non-hydrogen) atoms. The molecule has 3 aliphatic rings. The standard InChI is InChI=1S/C21H27N11O12P2/c22-15-9-16(28-20(23)27-15)32(5-25-9)19-12(34)14-8(42-19)3-41-46(38,39)43-13-7(1-6(11(13)33)2-40-45(36,37)44-14)31-4-26-10-17(31)29-21(24)30-18(10)35/h4-8,11-14,19,33-34H,1-3H2,(H,36,37)(H,38,39)(H4,22,23,27,28)(H3,24,29,30,35)/t6-,7-,8-,11?,12+,13?,14+,19-/m1/s1. The van der Waals surface area contributed by atoms with Gasteiger partial charge >= 0.3 is 15.6 Å². The minimum Gasteiger partial charge on any atom is -0.390 e. The first-order valence-corrected chi connectivity index (χ1v) is 16.5. The lowest BCUT2D eigenvalue weighted by Gasteiger charge is -2.26. The van der Waals surface area contributed by atoms with Crippen LogP contribution in [0.5, 0.6) is 0 Å². The van der Waals surface area contributed by atoms with Gasteiger partial charge in [0.15, 0.2) is 28.9 Å². The number of nitrogens with two attached hydrogens (primary N) is 3. The second kappa shape index (κ2) is 11.0. The van der Waals surface area contributed by atoms with Crippen molar-refractivity contribution in [2.24, 2.45) is 5.92 Å². The van der Waals surface area contributed by atoms with Crippen molar-refractivity contribution in [2.75, 3.05) is 30.4 Å². The number of phosphoric acid groups is 2. The maximum atomic E-state index is 13.3. The third-order valence-corrected chi connectivity index (χ3v) is 9.93. The summed E-state index contributed by atoms with van der Waals surface area (Å²) >= 11 is 0. The molecule has 25 heteroatoms. The number of rotatable bonds is 2. The zero-order valence-corrected chi connectivity index (χ0v) is 25.0. The molecule has 6 heterocycles. The molecular weight excluding hydrogens is 660 g/mol. The number of aromatic amines is 1. The fourth-order valence-corrected chi connectivity index (χ4v) is 7.90. The Hall–Kier alpha value is -3.60. The lowest BCUT2D eigenvalue weighted by molar-refractivity contribution is -0.0552. The molecule has 0 aromatic carbocycles. The number of phosphoric ester groups is 2. The summed E-state index contributed by atoms with van der Waals surface area (Å²) in [6, 6.07) is -1.01. The van der Waals surface area contributed by atoms with E-state index in [4.69, 9.17) is 40.0 Å². The van der Waals surface area contributed by atoms with E-state index in [1.165, 1.54) is 21.8 Å². The van der Waals surface area contributed by atoms with Crippen LogP contribution in [0.3, 0.4) is 0 Å². The van der Waals surface area contributed by atoms with E-state index in [9.17, 15) is 33.9 Å². The Balaban J connectivity index is 1.21. The molecule has 0 amide bonds. The fraction of sp³-hybridized carbons (Fsp3) is 0.524. The molecule has 0 spiro atoms. The van der Waals surface area contributed by atoms with Crippen molar-refractivity contribution in [1.82, 2.24) is 39.0 Å². The van der Waals surface area contributed by atoms with Crippen molar-refractivity contribution in [1.29, 1.82) is 0 Å². The van der Waals surface area contributed by atoms with Crippen LogP contribution in [0.1, 0.15) is 18.7 Å². The van der Waals surface area contributed by atoms with E-state index in [0.29, 0.717) is 0 Å². The first kappa shape index (κ1) is 31.0. The number of fused-ring (bicyclic) bond motifs is 5. The molecule has 1 aliphatic carbocycles. The van der Waals surface area contributed by atoms with E-state index in [0.717, 1.165) is 0 Å². The van der Waals surface area contributed by atoms with Crippen molar-refractivity contribution in [3.63, 3.8) is 0 Å². The molecule has 3 fully saturated rings. The Bertz CT molecular complexity index is 1990. The molecule has 2 saturated heterocycles. The first-order valence-electron chi connectivity index (χ1n) is 13.5. The van der Waals surface area contributed by atoms with Gasteiger partial charge in [-0.2, -0.15) is 15.0 Å². The van der Waals surface area contributed by atoms with Crippen LogP contribution in [0.25, 0.3) is 22.3 Å². The van der Waals surface area contributed by atoms with Crippen LogP contribution in [0.15, 0.2) is 17.4 Å². The molecule has 2 aliphatic heterocycles. The summed E-state index contributed by atoms with van der Waals surface area (Å²) in [5, 5.41) is 22.3. The Morgan fingerprint density at radius 2 is 1.52 bits per heavy atom. The summed E-state index contributed by atoms with van der Waals surface area (Å²) < 4.78 is 56.0. The van der Waals surface area contributed by atoms with Gasteiger partial charge in [-0.15, -0.1) is 0 Å². The zero-order chi connectivity index (χ0) is 32.7. The molecule has 4 aromatic rings.